The Bertz CT molecular complexity index is 709. The average Bonchev–Trinajstić information content (AvgIpc) is 2.46. The van der Waals surface area contributed by atoms with Gasteiger partial charge in [0.1, 0.15) is 5.56 Å². The van der Waals surface area contributed by atoms with Crippen molar-refractivity contribution in [2.24, 2.45) is 0 Å². The summed E-state index contributed by atoms with van der Waals surface area (Å²) in [5, 5.41) is 0. The number of H-pyrrole nitrogens is 1. The number of thioether (sulfide) groups is 1. The molecule has 1 amide bonds. The molecule has 0 aliphatic carbocycles. The van der Waals surface area contributed by atoms with Gasteiger partial charge in [-0.05, 0) is 43.0 Å². The van der Waals surface area contributed by atoms with E-state index in [0.717, 1.165) is 16.2 Å². The van der Waals surface area contributed by atoms with Gasteiger partial charge in [0.25, 0.3) is 11.5 Å². The Labute approximate surface area is 128 Å². The SMILES string of the molecule is CSc1cccc(CN(C)C(=O)c2ccc(C)[nH]c2=O)c1. The van der Waals surface area contributed by atoms with Crippen LogP contribution in [0, 0.1) is 6.92 Å². The first-order chi connectivity index (χ1) is 10.0. The normalized spacial score (nSPS) is 10.4. The van der Waals surface area contributed by atoms with Crippen LogP contribution in [0.5, 0.6) is 0 Å². The molecule has 0 saturated heterocycles. The third-order valence-electron chi connectivity index (χ3n) is 3.19. The molecular formula is C16H18N2O2S. The summed E-state index contributed by atoms with van der Waals surface area (Å²) >= 11 is 1.66. The van der Waals surface area contributed by atoms with Crippen molar-refractivity contribution in [3.8, 4) is 0 Å². The summed E-state index contributed by atoms with van der Waals surface area (Å²) in [6, 6.07) is 11.3. The van der Waals surface area contributed by atoms with Gasteiger partial charge < -0.3 is 9.88 Å². The molecule has 1 aromatic carbocycles. The largest absolute Gasteiger partial charge is 0.337 e. The highest BCUT2D eigenvalue weighted by Gasteiger charge is 2.15. The van der Waals surface area contributed by atoms with Crippen LogP contribution >= 0.6 is 11.8 Å². The van der Waals surface area contributed by atoms with Crippen LogP contribution in [-0.4, -0.2) is 29.1 Å². The molecule has 1 aromatic heterocycles. The van der Waals surface area contributed by atoms with Gasteiger partial charge in [-0.25, -0.2) is 0 Å². The van der Waals surface area contributed by atoms with E-state index in [1.165, 1.54) is 0 Å². The molecule has 0 aliphatic rings. The Morgan fingerprint density at radius 3 is 2.71 bits per heavy atom. The first-order valence-corrected chi connectivity index (χ1v) is 7.82. The summed E-state index contributed by atoms with van der Waals surface area (Å²) < 4.78 is 0. The van der Waals surface area contributed by atoms with Crippen LogP contribution in [0.2, 0.25) is 0 Å². The minimum Gasteiger partial charge on any atom is -0.337 e. The van der Waals surface area contributed by atoms with E-state index in [4.69, 9.17) is 0 Å². The lowest BCUT2D eigenvalue weighted by atomic mass is 10.2. The fourth-order valence-electron chi connectivity index (χ4n) is 2.06. The number of benzene rings is 1. The molecule has 2 rings (SSSR count). The predicted molar refractivity (Wildman–Crippen MR) is 85.8 cm³/mol. The summed E-state index contributed by atoms with van der Waals surface area (Å²) in [4.78, 5) is 29.5. The van der Waals surface area contributed by atoms with E-state index in [-0.39, 0.29) is 17.0 Å². The van der Waals surface area contributed by atoms with E-state index in [2.05, 4.69) is 4.98 Å². The molecule has 110 valence electrons. The minimum atomic E-state index is -0.343. The van der Waals surface area contributed by atoms with Gasteiger partial charge in [-0.1, -0.05) is 12.1 Å². The molecule has 0 atom stereocenters. The number of hydrogen-bond donors (Lipinski definition) is 1. The molecule has 2 aromatic rings. The van der Waals surface area contributed by atoms with Crippen LogP contribution in [-0.2, 0) is 6.54 Å². The van der Waals surface area contributed by atoms with Crippen molar-refractivity contribution in [2.45, 2.75) is 18.4 Å². The van der Waals surface area contributed by atoms with Crippen molar-refractivity contribution in [3.05, 3.63) is 63.6 Å². The number of nitrogens with one attached hydrogen (secondary N) is 1. The van der Waals surface area contributed by atoms with Gasteiger partial charge in [-0.3, -0.25) is 9.59 Å². The van der Waals surface area contributed by atoms with Crippen molar-refractivity contribution >= 4 is 17.7 Å². The Kier molecular flexibility index (Phi) is 4.85. The molecule has 21 heavy (non-hydrogen) atoms. The van der Waals surface area contributed by atoms with Gasteiger partial charge >= 0.3 is 0 Å². The number of amides is 1. The highest BCUT2D eigenvalue weighted by atomic mass is 32.2. The summed E-state index contributed by atoms with van der Waals surface area (Å²) in [6.45, 7) is 2.26. The molecular weight excluding hydrogens is 284 g/mol. The van der Waals surface area contributed by atoms with Crippen molar-refractivity contribution in [1.82, 2.24) is 9.88 Å². The number of nitrogens with zero attached hydrogens (tertiary/aromatic N) is 1. The van der Waals surface area contributed by atoms with Gasteiger partial charge in [-0.15, -0.1) is 11.8 Å². The van der Waals surface area contributed by atoms with Crippen LogP contribution in [0.4, 0.5) is 0 Å². The molecule has 1 heterocycles. The first-order valence-electron chi connectivity index (χ1n) is 6.59. The van der Waals surface area contributed by atoms with Gasteiger partial charge in [0, 0.05) is 24.2 Å². The van der Waals surface area contributed by atoms with Gasteiger partial charge in [0.15, 0.2) is 0 Å². The lowest BCUT2D eigenvalue weighted by molar-refractivity contribution is 0.0783. The Balaban J connectivity index is 2.17. The number of aryl methyl sites for hydroxylation is 1. The van der Waals surface area contributed by atoms with Crippen molar-refractivity contribution in [3.63, 3.8) is 0 Å². The molecule has 0 aliphatic heterocycles. The zero-order chi connectivity index (χ0) is 15.4. The number of hydrogen-bond acceptors (Lipinski definition) is 3. The lowest BCUT2D eigenvalue weighted by Crippen LogP contribution is -2.31. The van der Waals surface area contributed by atoms with E-state index >= 15 is 0 Å². The molecule has 1 N–H and O–H groups in total. The van der Waals surface area contributed by atoms with Crippen LogP contribution in [0.1, 0.15) is 21.6 Å². The predicted octanol–water partition coefficient (Wildman–Crippen LogP) is 2.68. The Morgan fingerprint density at radius 2 is 2.05 bits per heavy atom. The lowest BCUT2D eigenvalue weighted by Gasteiger charge is -2.17. The summed E-state index contributed by atoms with van der Waals surface area (Å²) in [5.41, 5.74) is 1.61. The highest BCUT2D eigenvalue weighted by Crippen LogP contribution is 2.17. The fourth-order valence-corrected chi connectivity index (χ4v) is 2.55. The van der Waals surface area contributed by atoms with E-state index < -0.39 is 0 Å². The van der Waals surface area contributed by atoms with Crippen molar-refractivity contribution < 1.29 is 4.79 Å². The molecule has 5 heteroatoms. The maximum Gasteiger partial charge on any atom is 0.260 e. The molecule has 4 nitrogen and oxygen atoms in total. The topological polar surface area (TPSA) is 53.2 Å². The third kappa shape index (κ3) is 3.76. The van der Waals surface area contributed by atoms with Crippen molar-refractivity contribution in [2.75, 3.05) is 13.3 Å². The monoisotopic (exact) mass is 302 g/mol. The number of rotatable bonds is 4. The fraction of sp³-hybridized carbons (Fsp3) is 0.250. The number of pyridine rings is 1. The van der Waals surface area contributed by atoms with E-state index in [1.807, 2.05) is 30.5 Å². The minimum absolute atomic E-state index is 0.170. The summed E-state index contributed by atoms with van der Waals surface area (Å²) in [5.74, 6) is -0.272. The second-order valence-electron chi connectivity index (χ2n) is 4.90. The van der Waals surface area contributed by atoms with Crippen molar-refractivity contribution in [1.29, 1.82) is 0 Å². The Hall–Kier alpha value is -2.01. The number of aromatic amines is 1. The zero-order valence-corrected chi connectivity index (χ0v) is 13.2. The third-order valence-corrected chi connectivity index (χ3v) is 3.91. The molecule has 0 bridgehead atoms. The molecule has 0 spiro atoms. The standard InChI is InChI=1S/C16H18N2O2S/c1-11-7-8-14(15(19)17-11)16(20)18(2)10-12-5-4-6-13(9-12)21-3/h4-9H,10H2,1-3H3,(H,17,19). The smallest absolute Gasteiger partial charge is 0.260 e. The number of carbonyl (C=O) groups excluding carboxylic acids is 1. The second-order valence-corrected chi connectivity index (χ2v) is 5.78. The molecule has 0 fully saturated rings. The van der Waals surface area contributed by atoms with Gasteiger partial charge in [0.2, 0.25) is 0 Å². The van der Waals surface area contributed by atoms with Gasteiger partial charge in [0.05, 0.1) is 0 Å². The van der Waals surface area contributed by atoms with E-state index in [1.54, 1.807) is 42.8 Å². The molecule has 0 saturated carbocycles. The number of aromatic nitrogens is 1. The molecule has 0 radical (unpaired) electrons. The second kappa shape index (κ2) is 6.63. The van der Waals surface area contributed by atoms with Crippen LogP contribution < -0.4 is 5.56 Å². The van der Waals surface area contributed by atoms with Crippen LogP contribution in [0.3, 0.4) is 0 Å². The quantitative estimate of drug-likeness (QED) is 0.884. The maximum atomic E-state index is 12.3. The highest BCUT2D eigenvalue weighted by molar-refractivity contribution is 7.98. The first kappa shape index (κ1) is 15.4. The summed E-state index contributed by atoms with van der Waals surface area (Å²) in [6.07, 6.45) is 2.01. The van der Waals surface area contributed by atoms with Crippen LogP contribution in [0.15, 0.2) is 46.1 Å². The number of carbonyl (C=O) groups is 1. The van der Waals surface area contributed by atoms with Gasteiger partial charge in [-0.2, -0.15) is 0 Å². The van der Waals surface area contributed by atoms with E-state index in [0.29, 0.717) is 6.54 Å². The summed E-state index contributed by atoms with van der Waals surface area (Å²) in [7, 11) is 1.70. The van der Waals surface area contributed by atoms with E-state index in [9.17, 15) is 9.59 Å². The average molecular weight is 302 g/mol. The maximum absolute atomic E-state index is 12.3. The van der Waals surface area contributed by atoms with Crippen LogP contribution in [0.25, 0.3) is 0 Å². The zero-order valence-electron chi connectivity index (χ0n) is 12.3. The molecule has 0 unspecified atom stereocenters. The Morgan fingerprint density at radius 1 is 1.29 bits per heavy atom.